The lowest BCUT2D eigenvalue weighted by molar-refractivity contribution is 0.138. The zero-order chi connectivity index (χ0) is 21.4. The van der Waals surface area contributed by atoms with Gasteiger partial charge in [-0.1, -0.05) is 23.3 Å². The van der Waals surface area contributed by atoms with Crippen molar-refractivity contribution in [2.45, 2.75) is 46.1 Å². The average Bonchev–Trinajstić information content (AvgIpc) is 3.08. The maximum Gasteiger partial charge on any atom is 0.138 e. The van der Waals surface area contributed by atoms with Crippen LogP contribution in [0.25, 0.3) is 6.08 Å². The van der Waals surface area contributed by atoms with Crippen molar-refractivity contribution in [2.75, 3.05) is 20.8 Å². The fourth-order valence-electron chi connectivity index (χ4n) is 4.31. The van der Waals surface area contributed by atoms with E-state index >= 15 is 0 Å². The molecule has 4 nitrogen and oxygen atoms in total. The molecule has 0 amide bonds. The summed E-state index contributed by atoms with van der Waals surface area (Å²) >= 11 is 0. The molecular formula is C26H30O4. The van der Waals surface area contributed by atoms with Crippen molar-refractivity contribution in [3.05, 3.63) is 63.7 Å². The molecule has 0 radical (unpaired) electrons. The summed E-state index contributed by atoms with van der Waals surface area (Å²) in [5.41, 5.74) is 6.92. The van der Waals surface area contributed by atoms with E-state index in [1.165, 1.54) is 16.7 Å². The van der Waals surface area contributed by atoms with E-state index < -0.39 is 0 Å². The van der Waals surface area contributed by atoms with Crippen LogP contribution in [0, 0.1) is 0 Å². The molecule has 0 fully saturated rings. The summed E-state index contributed by atoms with van der Waals surface area (Å²) in [5.74, 6) is 3.62. The number of hydrogen-bond acceptors (Lipinski definition) is 4. The molecule has 0 spiro atoms. The largest absolute Gasteiger partial charge is 0.496 e. The number of rotatable bonds is 5. The zero-order valence-corrected chi connectivity index (χ0v) is 18.7. The van der Waals surface area contributed by atoms with Gasteiger partial charge in [-0.2, -0.15) is 0 Å². The predicted octanol–water partition coefficient (Wildman–Crippen LogP) is 6.25. The predicted molar refractivity (Wildman–Crippen MR) is 120 cm³/mol. The van der Waals surface area contributed by atoms with Crippen molar-refractivity contribution in [3.8, 4) is 23.0 Å². The molecule has 0 aromatic heterocycles. The van der Waals surface area contributed by atoms with Crippen LogP contribution in [0.1, 0.15) is 62.0 Å². The van der Waals surface area contributed by atoms with E-state index in [1.807, 2.05) is 12.1 Å². The summed E-state index contributed by atoms with van der Waals surface area (Å²) in [5, 5.41) is 0. The van der Waals surface area contributed by atoms with Crippen molar-refractivity contribution >= 4 is 6.08 Å². The van der Waals surface area contributed by atoms with Gasteiger partial charge in [0.1, 0.15) is 29.1 Å². The molecule has 2 aromatic carbocycles. The van der Waals surface area contributed by atoms with E-state index in [9.17, 15) is 0 Å². The quantitative estimate of drug-likeness (QED) is 0.550. The second kappa shape index (κ2) is 8.10. The van der Waals surface area contributed by atoms with Crippen molar-refractivity contribution in [1.82, 2.24) is 0 Å². The van der Waals surface area contributed by atoms with E-state index in [4.69, 9.17) is 18.9 Å². The monoisotopic (exact) mass is 406 g/mol. The van der Waals surface area contributed by atoms with Crippen LogP contribution in [-0.4, -0.2) is 20.8 Å². The lowest BCUT2D eigenvalue weighted by Crippen LogP contribution is -2.24. The lowest BCUT2D eigenvalue weighted by atomic mass is 9.87. The zero-order valence-electron chi connectivity index (χ0n) is 18.7. The summed E-state index contributed by atoms with van der Waals surface area (Å²) in [6.45, 7) is 8.97. The Labute approximate surface area is 179 Å². The van der Waals surface area contributed by atoms with Gasteiger partial charge in [-0.3, -0.25) is 0 Å². The molecule has 2 aliphatic rings. The SMILES string of the molecule is COc1cc2c(cc1C=C(C)C)C1COc3c(ccc(OC)c3CC=C(C)C)C1O2. The van der Waals surface area contributed by atoms with Crippen molar-refractivity contribution in [3.63, 3.8) is 0 Å². The highest BCUT2D eigenvalue weighted by molar-refractivity contribution is 5.65. The minimum atomic E-state index is -0.0632. The first-order valence-electron chi connectivity index (χ1n) is 10.4. The van der Waals surface area contributed by atoms with Gasteiger partial charge in [-0.15, -0.1) is 0 Å². The molecule has 2 aromatic rings. The van der Waals surface area contributed by atoms with Gasteiger partial charge in [-0.25, -0.2) is 0 Å². The molecule has 2 unspecified atom stereocenters. The molecular weight excluding hydrogens is 376 g/mol. The molecule has 0 aliphatic carbocycles. The Balaban J connectivity index is 1.77. The third-order valence-electron chi connectivity index (χ3n) is 5.72. The topological polar surface area (TPSA) is 36.9 Å². The van der Waals surface area contributed by atoms with E-state index in [1.54, 1.807) is 14.2 Å². The van der Waals surface area contributed by atoms with Crippen molar-refractivity contribution in [2.24, 2.45) is 0 Å². The van der Waals surface area contributed by atoms with Crippen LogP contribution in [0.4, 0.5) is 0 Å². The highest BCUT2D eigenvalue weighted by Gasteiger charge is 2.42. The summed E-state index contributed by atoms with van der Waals surface area (Å²) in [7, 11) is 3.41. The Morgan fingerprint density at radius 1 is 1.00 bits per heavy atom. The number of methoxy groups -OCH3 is 2. The molecule has 4 rings (SSSR count). The molecule has 0 saturated heterocycles. The minimum Gasteiger partial charge on any atom is -0.496 e. The third kappa shape index (κ3) is 3.55. The summed E-state index contributed by atoms with van der Waals surface area (Å²) in [6.07, 6.45) is 5.06. The van der Waals surface area contributed by atoms with Gasteiger partial charge in [0, 0.05) is 28.3 Å². The molecule has 2 aliphatic heterocycles. The van der Waals surface area contributed by atoms with Gasteiger partial charge in [-0.05, 0) is 52.3 Å². The molecule has 158 valence electrons. The van der Waals surface area contributed by atoms with Gasteiger partial charge in [0.25, 0.3) is 0 Å². The first-order valence-corrected chi connectivity index (χ1v) is 10.4. The second-order valence-electron chi connectivity index (χ2n) is 8.46. The lowest BCUT2D eigenvalue weighted by Gasteiger charge is -2.30. The van der Waals surface area contributed by atoms with Crippen LogP contribution in [0.3, 0.4) is 0 Å². The van der Waals surface area contributed by atoms with Crippen LogP contribution >= 0.6 is 0 Å². The summed E-state index contributed by atoms with van der Waals surface area (Å²) in [6, 6.07) is 8.31. The second-order valence-corrected chi connectivity index (χ2v) is 8.46. The van der Waals surface area contributed by atoms with Crippen LogP contribution in [0.15, 0.2) is 41.5 Å². The molecule has 2 atom stereocenters. The van der Waals surface area contributed by atoms with Gasteiger partial charge >= 0.3 is 0 Å². The normalized spacial score (nSPS) is 18.2. The van der Waals surface area contributed by atoms with Crippen molar-refractivity contribution in [1.29, 1.82) is 0 Å². The Kier molecular flexibility index (Phi) is 5.50. The Hall–Kier alpha value is -2.88. The maximum absolute atomic E-state index is 6.46. The van der Waals surface area contributed by atoms with E-state index in [-0.39, 0.29) is 12.0 Å². The number of allylic oxidation sites excluding steroid dienone is 3. The van der Waals surface area contributed by atoms with E-state index in [2.05, 4.69) is 52.0 Å². The number of benzene rings is 2. The standard InChI is InChI=1S/C26H30O4/c1-15(2)7-8-18-22(27-5)10-9-19-25(18)29-14-21-20-12-17(11-16(3)4)23(28-6)13-24(20)30-26(19)21/h7,9-13,21,26H,8,14H2,1-6H3. The number of hydrogen-bond donors (Lipinski definition) is 0. The van der Waals surface area contributed by atoms with Crippen LogP contribution in [-0.2, 0) is 6.42 Å². The van der Waals surface area contributed by atoms with Gasteiger partial charge in [0.05, 0.1) is 26.7 Å². The maximum atomic E-state index is 6.46. The number of fused-ring (bicyclic) bond motifs is 5. The smallest absolute Gasteiger partial charge is 0.138 e. The highest BCUT2D eigenvalue weighted by atomic mass is 16.5. The third-order valence-corrected chi connectivity index (χ3v) is 5.72. The Morgan fingerprint density at radius 3 is 2.43 bits per heavy atom. The fourth-order valence-corrected chi connectivity index (χ4v) is 4.31. The van der Waals surface area contributed by atoms with Gasteiger partial charge < -0.3 is 18.9 Å². The minimum absolute atomic E-state index is 0.0632. The van der Waals surface area contributed by atoms with Crippen LogP contribution < -0.4 is 18.9 Å². The Morgan fingerprint density at radius 2 is 1.77 bits per heavy atom. The molecule has 0 saturated carbocycles. The van der Waals surface area contributed by atoms with E-state index in [0.717, 1.165) is 46.1 Å². The molecule has 0 N–H and O–H groups in total. The molecule has 0 bridgehead atoms. The summed E-state index contributed by atoms with van der Waals surface area (Å²) < 4.78 is 24.0. The first kappa shape index (κ1) is 20.4. The van der Waals surface area contributed by atoms with Gasteiger partial charge in [0.2, 0.25) is 0 Å². The van der Waals surface area contributed by atoms with Crippen LogP contribution in [0.5, 0.6) is 23.0 Å². The van der Waals surface area contributed by atoms with E-state index in [0.29, 0.717) is 6.61 Å². The molecule has 2 heterocycles. The molecule has 30 heavy (non-hydrogen) atoms. The fraction of sp³-hybridized carbons (Fsp3) is 0.385. The summed E-state index contributed by atoms with van der Waals surface area (Å²) in [4.78, 5) is 0. The highest BCUT2D eigenvalue weighted by Crippen LogP contribution is 2.54. The van der Waals surface area contributed by atoms with Gasteiger partial charge in [0.15, 0.2) is 0 Å². The number of ether oxygens (including phenoxy) is 4. The average molecular weight is 407 g/mol. The van der Waals surface area contributed by atoms with Crippen LogP contribution in [0.2, 0.25) is 0 Å². The molecule has 4 heteroatoms. The first-order chi connectivity index (χ1) is 14.4. The van der Waals surface area contributed by atoms with Crippen molar-refractivity contribution < 1.29 is 18.9 Å². The Bertz CT molecular complexity index is 1020.